The molecule has 0 bridgehead atoms. The lowest BCUT2D eigenvalue weighted by Gasteiger charge is -2.21. The van der Waals surface area contributed by atoms with Crippen LogP contribution in [0, 0.1) is 0 Å². The van der Waals surface area contributed by atoms with Crippen LogP contribution >= 0.6 is 0 Å². The number of carbonyl (C=O) groups excluding carboxylic acids is 1. The molecule has 0 saturated heterocycles. The second-order valence-corrected chi connectivity index (χ2v) is 12.0. The highest BCUT2D eigenvalue weighted by Crippen LogP contribution is 2.11. The fourth-order valence-electron chi connectivity index (χ4n) is 5.25. The van der Waals surface area contributed by atoms with E-state index in [0.717, 1.165) is 45.3 Å². The molecule has 0 heterocycles. The first kappa shape index (κ1) is 39.9. The second-order valence-electron chi connectivity index (χ2n) is 12.0. The van der Waals surface area contributed by atoms with E-state index in [9.17, 15) is 9.90 Å². The maximum absolute atomic E-state index is 11.9. The van der Waals surface area contributed by atoms with E-state index in [2.05, 4.69) is 43.1 Å². The summed E-state index contributed by atoms with van der Waals surface area (Å²) in [6.07, 6.45) is 39.7. The molecule has 0 spiro atoms. The van der Waals surface area contributed by atoms with E-state index in [0.29, 0.717) is 13.0 Å². The van der Waals surface area contributed by atoms with Gasteiger partial charge in [-0.3, -0.25) is 4.79 Å². The highest BCUT2D eigenvalue weighted by atomic mass is 16.5. The molecule has 0 aliphatic carbocycles. The Kier molecular flexibility index (Phi) is 34.1. The van der Waals surface area contributed by atoms with Crippen molar-refractivity contribution in [3.05, 3.63) is 24.3 Å². The lowest BCUT2D eigenvalue weighted by atomic mass is 10.1. The van der Waals surface area contributed by atoms with Crippen LogP contribution in [0.1, 0.15) is 174 Å². The minimum absolute atomic E-state index is 0.0154. The van der Waals surface area contributed by atoms with E-state index in [-0.39, 0.29) is 12.6 Å². The van der Waals surface area contributed by atoms with Crippen molar-refractivity contribution in [2.24, 2.45) is 0 Å². The van der Waals surface area contributed by atoms with Crippen LogP contribution in [0.3, 0.4) is 0 Å². The molecule has 4 nitrogen and oxygen atoms in total. The Bertz CT molecular complexity index is 575. The summed E-state index contributed by atoms with van der Waals surface area (Å²) in [6, 6.07) is 0. The predicted octanol–water partition coefficient (Wildman–Crippen LogP) is 10.7. The molecule has 0 aliphatic heterocycles. The largest absolute Gasteiger partial charge is 0.466 e. The highest BCUT2D eigenvalue weighted by Gasteiger charge is 2.05. The lowest BCUT2D eigenvalue weighted by molar-refractivity contribution is -0.143. The standard InChI is InChI=1S/C37H71NO3/c1-3-5-7-9-11-12-13-14-15-16-17-18-19-20-24-28-32-38(34-35-39)33-29-25-22-23-27-31-37(40)41-36-30-26-21-10-8-6-4-2/h11-12,14-15,39H,3-10,13,16-36H2,1-2H3/b12-11-,15-14-. The molecule has 0 aromatic rings. The Morgan fingerprint density at radius 1 is 0.561 bits per heavy atom. The summed E-state index contributed by atoms with van der Waals surface area (Å²) in [5, 5.41) is 9.44. The molecule has 0 saturated carbocycles. The molecular weight excluding hydrogens is 506 g/mol. The number of allylic oxidation sites excluding steroid dienone is 4. The third-order valence-corrected chi connectivity index (χ3v) is 7.96. The Labute approximate surface area is 256 Å². The monoisotopic (exact) mass is 578 g/mol. The van der Waals surface area contributed by atoms with Gasteiger partial charge in [-0.05, 0) is 70.9 Å². The van der Waals surface area contributed by atoms with Crippen molar-refractivity contribution in [1.29, 1.82) is 0 Å². The molecule has 41 heavy (non-hydrogen) atoms. The smallest absolute Gasteiger partial charge is 0.305 e. The average molecular weight is 578 g/mol. The first-order valence-electron chi connectivity index (χ1n) is 18.0. The number of nitrogens with zero attached hydrogens (tertiary/aromatic N) is 1. The molecule has 0 amide bonds. The third kappa shape index (κ3) is 33.2. The van der Waals surface area contributed by atoms with Crippen molar-refractivity contribution in [2.45, 2.75) is 174 Å². The van der Waals surface area contributed by atoms with E-state index >= 15 is 0 Å². The van der Waals surface area contributed by atoms with Crippen LogP contribution in [-0.4, -0.2) is 48.8 Å². The third-order valence-electron chi connectivity index (χ3n) is 7.96. The van der Waals surface area contributed by atoms with Crippen molar-refractivity contribution >= 4 is 5.97 Å². The van der Waals surface area contributed by atoms with Gasteiger partial charge in [0, 0.05) is 13.0 Å². The molecule has 0 atom stereocenters. The number of ether oxygens (including phenoxy) is 1. The Balaban J connectivity index is 3.53. The molecular formula is C37H71NO3. The van der Waals surface area contributed by atoms with Gasteiger partial charge in [-0.1, -0.05) is 134 Å². The number of unbranched alkanes of at least 4 members (excludes halogenated alkanes) is 19. The van der Waals surface area contributed by atoms with Gasteiger partial charge in [-0.2, -0.15) is 0 Å². The van der Waals surface area contributed by atoms with Gasteiger partial charge < -0.3 is 14.7 Å². The quantitative estimate of drug-likeness (QED) is 0.0479. The van der Waals surface area contributed by atoms with E-state index in [1.165, 1.54) is 128 Å². The summed E-state index contributed by atoms with van der Waals surface area (Å²) in [4.78, 5) is 14.3. The summed E-state index contributed by atoms with van der Waals surface area (Å²) in [5.41, 5.74) is 0. The van der Waals surface area contributed by atoms with Gasteiger partial charge >= 0.3 is 5.97 Å². The minimum atomic E-state index is -0.0154. The van der Waals surface area contributed by atoms with Gasteiger partial charge in [-0.25, -0.2) is 0 Å². The molecule has 0 aromatic carbocycles. The van der Waals surface area contributed by atoms with E-state index in [1.807, 2.05) is 0 Å². The van der Waals surface area contributed by atoms with Crippen LogP contribution in [0.5, 0.6) is 0 Å². The summed E-state index contributed by atoms with van der Waals surface area (Å²) >= 11 is 0. The van der Waals surface area contributed by atoms with Gasteiger partial charge in [0.25, 0.3) is 0 Å². The SMILES string of the molecule is CCCCC/C=C\C/C=C\CCCCCCCCN(CCO)CCCCCCCC(=O)OCCCCCCCCC. The zero-order chi connectivity index (χ0) is 29.9. The normalized spacial score (nSPS) is 11.9. The van der Waals surface area contributed by atoms with Gasteiger partial charge in [-0.15, -0.1) is 0 Å². The zero-order valence-corrected chi connectivity index (χ0v) is 27.7. The number of aliphatic hydroxyl groups is 1. The molecule has 0 aromatic heterocycles. The summed E-state index contributed by atoms with van der Waals surface area (Å²) in [6.45, 7) is 8.35. The van der Waals surface area contributed by atoms with E-state index in [4.69, 9.17) is 4.74 Å². The number of hydrogen-bond acceptors (Lipinski definition) is 4. The van der Waals surface area contributed by atoms with E-state index in [1.54, 1.807) is 0 Å². The average Bonchev–Trinajstić information content (AvgIpc) is 2.97. The molecule has 242 valence electrons. The van der Waals surface area contributed by atoms with Crippen LogP contribution in [0.4, 0.5) is 0 Å². The summed E-state index contributed by atoms with van der Waals surface area (Å²) < 4.78 is 5.39. The van der Waals surface area contributed by atoms with Crippen molar-refractivity contribution in [1.82, 2.24) is 4.90 Å². The molecule has 0 radical (unpaired) electrons. The molecule has 1 N–H and O–H groups in total. The van der Waals surface area contributed by atoms with Crippen LogP contribution in [-0.2, 0) is 9.53 Å². The maximum Gasteiger partial charge on any atom is 0.305 e. The fourth-order valence-corrected chi connectivity index (χ4v) is 5.25. The number of rotatable bonds is 33. The van der Waals surface area contributed by atoms with Gasteiger partial charge in [0.1, 0.15) is 0 Å². The molecule has 0 aliphatic rings. The predicted molar refractivity (Wildman–Crippen MR) is 180 cm³/mol. The molecule has 0 unspecified atom stereocenters. The van der Waals surface area contributed by atoms with Gasteiger partial charge in [0.2, 0.25) is 0 Å². The van der Waals surface area contributed by atoms with Gasteiger partial charge in [0.05, 0.1) is 13.2 Å². The van der Waals surface area contributed by atoms with Crippen molar-refractivity contribution in [3.63, 3.8) is 0 Å². The highest BCUT2D eigenvalue weighted by molar-refractivity contribution is 5.69. The Morgan fingerprint density at radius 3 is 1.61 bits per heavy atom. The molecule has 4 heteroatoms. The molecule has 0 rings (SSSR count). The summed E-state index contributed by atoms with van der Waals surface area (Å²) in [5.74, 6) is -0.0154. The Hall–Kier alpha value is -1.13. The Morgan fingerprint density at radius 2 is 1.02 bits per heavy atom. The molecule has 0 fully saturated rings. The summed E-state index contributed by atoms with van der Waals surface area (Å²) in [7, 11) is 0. The number of aliphatic hydroxyl groups excluding tert-OH is 1. The van der Waals surface area contributed by atoms with Crippen molar-refractivity contribution in [2.75, 3.05) is 32.8 Å². The number of esters is 1. The topological polar surface area (TPSA) is 49.8 Å². The van der Waals surface area contributed by atoms with Crippen molar-refractivity contribution in [3.8, 4) is 0 Å². The first-order valence-corrected chi connectivity index (χ1v) is 18.0. The minimum Gasteiger partial charge on any atom is -0.466 e. The fraction of sp³-hybridized carbons (Fsp3) is 0.865. The van der Waals surface area contributed by atoms with Crippen molar-refractivity contribution < 1.29 is 14.6 Å². The lowest BCUT2D eigenvalue weighted by Crippen LogP contribution is -2.29. The second kappa shape index (κ2) is 35.1. The van der Waals surface area contributed by atoms with Crippen LogP contribution < -0.4 is 0 Å². The number of hydrogen-bond donors (Lipinski definition) is 1. The van der Waals surface area contributed by atoms with Crippen LogP contribution in [0.25, 0.3) is 0 Å². The van der Waals surface area contributed by atoms with Gasteiger partial charge in [0.15, 0.2) is 0 Å². The van der Waals surface area contributed by atoms with Crippen LogP contribution in [0.2, 0.25) is 0 Å². The first-order chi connectivity index (χ1) is 20.2. The van der Waals surface area contributed by atoms with Crippen LogP contribution in [0.15, 0.2) is 24.3 Å². The number of carbonyl (C=O) groups is 1. The van der Waals surface area contributed by atoms with E-state index < -0.39 is 0 Å². The maximum atomic E-state index is 11.9. The zero-order valence-electron chi connectivity index (χ0n) is 27.7.